The van der Waals surface area contributed by atoms with Crippen LogP contribution in [-0.2, 0) is 6.54 Å². The molecule has 1 unspecified atom stereocenters. The second-order valence-electron chi connectivity index (χ2n) is 5.22. The average Bonchev–Trinajstić information content (AvgIpc) is 2.49. The van der Waals surface area contributed by atoms with Gasteiger partial charge in [-0.15, -0.1) is 0 Å². The van der Waals surface area contributed by atoms with Gasteiger partial charge in [0, 0.05) is 12.6 Å². The van der Waals surface area contributed by atoms with Crippen LogP contribution in [-0.4, -0.2) is 7.11 Å². The third kappa shape index (κ3) is 4.05. The number of ether oxygens (including phenoxy) is 1. The Morgan fingerprint density at radius 3 is 2.43 bits per heavy atom. The van der Waals surface area contributed by atoms with E-state index < -0.39 is 0 Å². The largest absolute Gasteiger partial charge is 0.494 e. The summed E-state index contributed by atoms with van der Waals surface area (Å²) in [6.07, 6.45) is 0.988. The number of nitrogens with one attached hydrogen (secondary N) is 1. The van der Waals surface area contributed by atoms with Crippen molar-refractivity contribution >= 4 is 0 Å². The SMILES string of the molecule is CCC(NCc1ccc(OC)c(F)c1)c1ccc(C)cc1. The first-order valence-electron chi connectivity index (χ1n) is 7.26. The monoisotopic (exact) mass is 287 g/mol. The van der Waals surface area contributed by atoms with Gasteiger partial charge in [-0.3, -0.25) is 0 Å². The van der Waals surface area contributed by atoms with Crippen LogP contribution in [0.25, 0.3) is 0 Å². The number of halogens is 1. The van der Waals surface area contributed by atoms with Crippen molar-refractivity contribution in [2.75, 3.05) is 7.11 Å². The van der Waals surface area contributed by atoms with E-state index in [1.54, 1.807) is 6.07 Å². The molecule has 0 aromatic heterocycles. The number of benzene rings is 2. The fraction of sp³-hybridized carbons (Fsp3) is 0.333. The van der Waals surface area contributed by atoms with Crippen LogP contribution in [0.4, 0.5) is 4.39 Å². The maximum Gasteiger partial charge on any atom is 0.165 e. The van der Waals surface area contributed by atoms with E-state index in [1.807, 2.05) is 6.07 Å². The Balaban J connectivity index is 2.03. The molecule has 3 heteroatoms. The van der Waals surface area contributed by atoms with E-state index in [1.165, 1.54) is 24.3 Å². The standard InChI is InChI=1S/C18H22FNO/c1-4-17(15-8-5-13(2)6-9-15)20-12-14-7-10-18(21-3)16(19)11-14/h5-11,17,20H,4,12H2,1-3H3. The van der Waals surface area contributed by atoms with E-state index >= 15 is 0 Å². The fourth-order valence-electron chi connectivity index (χ4n) is 2.36. The van der Waals surface area contributed by atoms with Crippen molar-refractivity contribution in [3.05, 3.63) is 65.0 Å². The van der Waals surface area contributed by atoms with Crippen molar-refractivity contribution in [1.82, 2.24) is 5.32 Å². The van der Waals surface area contributed by atoms with Crippen molar-refractivity contribution in [3.8, 4) is 5.75 Å². The van der Waals surface area contributed by atoms with Gasteiger partial charge in [0.25, 0.3) is 0 Å². The molecule has 0 aliphatic rings. The molecule has 2 aromatic carbocycles. The average molecular weight is 287 g/mol. The van der Waals surface area contributed by atoms with Gasteiger partial charge in [-0.05, 0) is 36.6 Å². The first-order valence-corrected chi connectivity index (χ1v) is 7.26. The van der Waals surface area contributed by atoms with Crippen LogP contribution in [0.5, 0.6) is 5.75 Å². The molecule has 2 aromatic rings. The van der Waals surface area contributed by atoms with Gasteiger partial charge >= 0.3 is 0 Å². The van der Waals surface area contributed by atoms with E-state index in [0.29, 0.717) is 6.54 Å². The van der Waals surface area contributed by atoms with Gasteiger partial charge in [-0.1, -0.05) is 42.8 Å². The van der Waals surface area contributed by atoms with Crippen molar-refractivity contribution in [3.63, 3.8) is 0 Å². The lowest BCUT2D eigenvalue weighted by molar-refractivity contribution is 0.386. The summed E-state index contributed by atoms with van der Waals surface area (Å²) in [5, 5.41) is 3.48. The summed E-state index contributed by atoms with van der Waals surface area (Å²) in [5.74, 6) is -0.0375. The van der Waals surface area contributed by atoms with Gasteiger partial charge in [-0.2, -0.15) is 0 Å². The first-order chi connectivity index (χ1) is 10.1. The summed E-state index contributed by atoms with van der Waals surface area (Å²) in [5.41, 5.74) is 3.43. The number of rotatable bonds is 6. The topological polar surface area (TPSA) is 21.3 Å². The van der Waals surface area contributed by atoms with Crippen molar-refractivity contribution in [1.29, 1.82) is 0 Å². The second kappa shape index (κ2) is 7.23. The Labute approximate surface area is 126 Å². The van der Waals surface area contributed by atoms with E-state index in [-0.39, 0.29) is 17.6 Å². The van der Waals surface area contributed by atoms with Crippen molar-refractivity contribution < 1.29 is 9.13 Å². The Kier molecular flexibility index (Phi) is 5.34. The zero-order valence-electron chi connectivity index (χ0n) is 12.8. The quantitative estimate of drug-likeness (QED) is 0.851. The van der Waals surface area contributed by atoms with Crippen LogP contribution < -0.4 is 10.1 Å². The molecule has 0 heterocycles. The molecule has 0 fully saturated rings. The molecule has 0 spiro atoms. The van der Waals surface area contributed by atoms with Crippen LogP contribution in [0.2, 0.25) is 0 Å². The normalized spacial score (nSPS) is 12.2. The number of methoxy groups -OCH3 is 1. The molecule has 0 aliphatic heterocycles. The van der Waals surface area contributed by atoms with Gasteiger partial charge in [0.2, 0.25) is 0 Å². The lowest BCUT2D eigenvalue weighted by Gasteiger charge is -2.18. The van der Waals surface area contributed by atoms with Crippen molar-refractivity contribution in [2.45, 2.75) is 32.9 Å². The first kappa shape index (κ1) is 15.5. The number of hydrogen-bond acceptors (Lipinski definition) is 2. The molecule has 112 valence electrons. The molecule has 21 heavy (non-hydrogen) atoms. The highest BCUT2D eigenvalue weighted by atomic mass is 19.1. The summed E-state index contributed by atoms with van der Waals surface area (Å²) in [7, 11) is 1.47. The highest BCUT2D eigenvalue weighted by Gasteiger charge is 2.09. The Bertz CT molecular complexity index is 580. The predicted molar refractivity (Wildman–Crippen MR) is 84.0 cm³/mol. The van der Waals surface area contributed by atoms with Crippen LogP contribution in [0, 0.1) is 12.7 Å². The van der Waals surface area contributed by atoms with Crippen LogP contribution in [0.15, 0.2) is 42.5 Å². The minimum atomic E-state index is -0.319. The van der Waals surface area contributed by atoms with E-state index in [4.69, 9.17) is 4.74 Å². The Morgan fingerprint density at radius 1 is 1.14 bits per heavy atom. The van der Waals surface area contributed by atoms with E-state index in [0.717, 1.165) is 12.0 Å². The predicted octanol–water partition coefficient (Wildman–Crippen LogP) is 4.38. The lowest BCUT2D eigenvalue weighted by Crippen LogP contribution is -2.20. The summed E-state index contributed by atoms with van der Waals surface area (Å²) in [6, 6.07) is 13.9. The number of aryl methyl sites for hydroxylation is 1. The highest BCUT2D eigenvalue weighted by molar-refractivity contribution is 5.29. The summed E-state index contributed by atoms with van der Waals surface area (Å²) in [4.78, 5) is 0. The molecule has 1 N–H and O–H groups in total. The molecule has 0 aliphatic carbocycles. The molecule has 0 saturated heterocycles. The van der Waals surface area contributed by atoms with Crippen LogP contribution in [0.3, 0.4) is 0 Å². The Hall–Kier alpha value is -1.87. The molecular weight excluding hydrogens is 265 g/mol. The Morgan fingerprint density at radius 2 is 1.86 bits per heavy atom. The van der Waals surface area contributed by atoms with Gasteiger partial charge < -0.3 is 10.1 Å². The van der Waals surface area contributed by atoms with Crippen LogP contribution >= 0.6 is 0 Å². The molecule has 2 rings (SSSR count). The third-order valence-electron chi connectivity index (χ3n) is 3.66. The summed E-state index contributed by atoms with van der Waals surface area (Å²) >= 11 is 0. The van der Waals surface area contributed by atoms with Gasteiger partial charge in [-0.25, -0.2) is 4.39 Å². The zero-order chi connectivity index (χ0) is 15.2. The van der Waals surface area contributed by atoms with Gasteiger partial charge in [0.1, 0.15) is 0 Å². The van der Waals surface area contributed by atoms with Gasteiger partial charge in [0.15, 0.2) is 11.6 Å². The molecule has 0 bridgehead atoms. The zero-order valence-corrected chi connectivity index (χ0v) is 12.8. The minimum Gasteiger partial charge on any atom is -0.494 e. The molecule has 0 saturated carbocycles. The molecule has 0 amide bonds. The molecule has 1 atom stereocenters. The fourth-order valence-corrected chi connectivity index (χ4v) is 2.36. The summed E-state index contributed by atoms with van der Waals surface area (Å²) < 4.78 is 18.6. The maximum atomic E-state index is 13.7. The van der Waals surface area contributed by atoms with Crippen molar-refractivity contribution in [2.24, 2.45) is 0 Å². The second-order valence-corrected chi connectivity index (χ2v) is 5.22. The minimum absolute atomic E-state index is 0.274. The lowest BCUT2D eigenvalue weighted by atomic mass is 10.0. The van der Waals surface area contributed by atoms with Crippen LogP contribution in [0.1, 0.15) is 36.1 Å². The molecule has 0 radical (unpaired) electrons. The molecule has 2 nitrogen and oxygen atoms in total. The smallest absolute Gasteiger partial charge is 0.165 e. The number of hydrogen-bond donors (Lipinski definition) is 1. The molecular formula is C18H22FNO. The van der Waals surface area contributed by atoms with Gasteiger partial charge in [0.05, 0.1) is 7.11 Å². The highest BCUT2D eigenvalue weighted by Crippen LogP contribution is 2.20. The maximum absolute atomic E-state index is 13.7. The van der Waals surface area contributed by atoms with E-state index in [2.05, 4.69) is 43.4 Å². The summed E-state index contributed by atoms with van der Waals surface area (Å²) in [6.45, 7) is 4.86. The van der Waals surface area contributed by atoms with E-state index in [9.17, 15) is 4.39 Å². The third-order valence-corrected chi connectivity index (χ3v) is 3.66.